The molecule has 0 spiro atoms. The molecule has 0 radical (unpaired) electrons. The monoisotopic (exact) mass is 388 g/mol. The summed E-state index contributed by atoms with van der Waals surface area (Å²) in [5.41, 5.74) is 0.284. The molecule has 0 saturated carbocycles. The van der Waals surface area contributed by atoms with E-state index in [0.717, 1.165) is 6.07 Å². The van der Waals surface area contributed by atoms with Crippen molar-refractivity contribution < 1.29 is 27.8 Å². The van der Waals surface area contributed by atoms with Gasteiger partial charge in [-0.2, -0.15) is 0 Å². The van der Waals surface area contributed by atoms with Crippen molar-refractivity contribution in [2.75, 3.05) is 38.7 Å². The zero-order valence-electron chi connectivity index (χ0n) is 15.4. The Hall–Kier alpha value is -1.68. The molecule has 0 aliphatic heterocycles. The van der Waals surface area contributed by atoms with E-state index in [1.165, 1.54) is 12.1 Å². The fourth-order valence-electron chi connectivity index (χ4n) is 2.14. The number of hydrogen-bond donors (Lipinski definition) is 3. The van der Waals surface area contributed by atoms with Crippen molar-refractivity contribution in [2.45, 2.75) is 37.7 Å². The molecule has 9 heteroatoms. The Bertz CT molecular complexity index is 676. The van der Waals surface area contributed by atoms with Gasteiger partial charge < -0.3 is 19.9 Å². The minimum atomic E-state index is -3.78. The van der Waals surface area contributed by atoms with Crippen molar-refractivity contribution in [1.82, 2.24) is 4.72 Å². The molecule has 1 rings (SSSR count). The van der Waals surface area contributed by atoms with Crippen LogP contribution in [-0.4, -0.2) is 59.0 Å². The molecule has 0 aliphatic rings. The number of benzene rings is 1. The van der Waals surface area contributed by atoms with Crippen molar-refractivity contribution >= 4 is 21.7 Å². The Morgan fingerprint density at radius 3 is 2.50 bits per heavy atom. The van der Waals surface area contributed by atoms with Crippen LogP contribution in [0.3, 0.4) is 0 Å². The second kappa shape index (κ2) is 11.1. The third-order valence-electron chi connectivity index (χ3n) is 3.44. The van der Waals surface area contributed by atoms with Gasteiger partial charge >= 0.3 is 5.97 Å². The molecule has 8 nitrogen and oxygen atoms in total. The van der Waals surface area contributed by atoms with Crippen LogP contribution in [0.15, 0.2) is 23.1 Å². The molecule has 0 aromatic heterocycles. The molecular weight excluding hydrogens is 360 g/mol. The quantitative estimate of drug-likeness (QED) is 0.442. The fraction of sp³-hybridized carbons (Fsp3) is 0.588. The predicted octanol–water partition coefficient (Wildman–Crippen LogP) is 1.93. The van der Waals surface area contributed by atoms with E-state index in [4.69, 9.17) is 9.47 Å². The van der Waals surface area contributed by atoms with Crippen molar-refractivity contribution in [3.05, 3.63) is 23.8 Å². The highest BCUT2D eigenvalue weighted by Gasteiger charge is 2.18. The molecule has 0 saturated heterocycles. The lowest BCUT2D eigenvalue weighted by atomic mass is 10.2. The lowest BCUT2D eigenvalue weighted by molar-refractivity contribution is 0.0697. The number of anilines is 1. The number of hydrogen-bond acceptors (Lipinski definition) is 6. The molecule has 1 aromatic carbocycles. The van der Waals surface area contributed by atoms with E-state index in [9.17, 15) is 18.3 Å². The van der Waals surface area contributed by atoms with Gasteiger partial charge in [0, 0.05) is 39.1 Å². The zero-order chi connectivity index (χ0) is 19.6. The van der Waals surface area contributed by atoms with Crippen molar-refractivity contribution in [2.24, 2.45) is 0 Å². The molecule has 1 aromatic rings. The molecule has 0 aliphatic carbocycles. The summed E-state index contributed by atoms with van der Waals surface area (Å²) >= 11 is 0. The van der Waals surface area contributed by atoms with E-state index in [1.807, 2.05) is 13.8 Å². The number of carbonyl (C=O) groups is 1. The van der Waals surface area contributed by atoms with Gasteiger partial charge in [0.1, 0.15) is 0 Å². The largest absolute Gasteiger partial charge is 0.478 e. The summed E-state index contributed by atoms with van der Waals surface area (Å²) in [6.45, 7) is 5.55. The summed E-state index contributed by atoms with van der Waals surface area (Å²) in [4.78, 5) is 11.4. The maximum absolute atomic E-state index is 12.3. The van der Waals surface area contributed by atoms with Crippen LogP contribution in [0.5, 0.6) is 0 Å². The highest BCUT2D eigenvalue weighted by Crippen LogP contribution is 2.21. The molecule has 0 bridgehead atoms. The summed E-state index contributed by atoms with van der Waals surface area (Å²) in [6, 6.07) is 4.01. The van der Waals surface area contributed by atoms with Gasteiger partial charge in [-0.05, 0) is 44.9 Å². The molecule has 3 N–H and O–H groups in total. The minimum Gasteiger partial charge on any atom is -0.478 e. The topological polar surface area (TPSA) is 114 Å². The van der Waals surface area contributed by atoms with E-state index < -0.39 is 16.0 Å². The highest BCUT2D eigenvalue weighted by atomic mass is 32.2. The normalized spacial score (nSPS) is 11.7. The second-order valence-electron chi connectivity index (χ2n) is 5.96. The van der Waals surface area contributed by atoms with Crippen molar-refractivity contribution in [3.8, 4) is 0 Å². The van der Waals surface area contributed by atoms with Gasteiger partial charge in [0.25, 0.3) is 0 Å². The highest BCUT2D eigenvalue weighted by molar-refractivity contribution is 7.89. The van der Waals surface area contributed by atoms with E-state index in [-0.39, 0.29) is 23.1 Å². The zero-order valence-corrected chi connectivity index (χ0v) is 16.3. The average Bonchev–Trinajstić information content (AvgIpc) is 2.58. The molecule has 26 heavy (non-hydrogen) atoms. The lowest BCUT2D eigenvalue weighted by Gasteiger charge is -2.12. The van der Waals surface area contributed by atoms with Crippen LogP contribution in [0.25, 0.3) is 0 Å². The third-order valence-corrected chi connectivity index (χ3v) is 4.90. The Kier molecular flexibility index (Phi) is 9.57. The van der Waals surface area contributed by atoms with Gasteiger partial charge in [0.2, 0.25) is 10.0 Å². The molecule has 0 fully saturated rings. The number of nitrogens with one attached hydrogen (secondary N) is 2. The Labute approximate surface area is 154 Å². The summed E-state index contributed by atoms with van der Waals surface area (Å²) in [5, 5.41) is 12.3. The van der Waals surface area contributed by atoms with Crippen LogP contribution < -0.4 is 10.0 Å². The maximum atomic E-state index is 12.3. The molecule has 0 heterocycles. The van der Waals surface area contributed by atoms with Crippen LogP contribution in [0.2, 0.25) is 0 Å². The van der Waals surface area contributed by atoms with Crippen LogP contribution in [-0.2, 0) is 19.5 Å². The number of carboxylic acids is 1. The molecule has 0 amide bonds. The Morgan fingerprint density at radius 1 is 1.19 bits per heavy atom. The van der Waals surface area contributed by atoms with Crippen molar-refractivity contribution in [1.29, 1.82) is 0 Å². The summed E-state index contributed by atoms with van der Waals surface area (Å²) in [5.74, 6) is -1.19. The Balaban J connectivity index is 2.75. The van der Waals surface area contributed by atoms with Crippen LogP contribution in [0.1, 0.15) is 37.0 Å². The first-order chi connectivity index (χ1) is 12.3. The van der Waals surface area contributed by atoms with Gasteiger partial charge in [-0.3, -0.25) is 0 Å². The molecule has 148 valence electrons. The number of ether oxygens (including phenoxy) is 2. The van der Waals surface area contributed by atoms with Gasteiger partial charge in [0.05, 0.1) is 16.6 Å². The van der Waals surface area contributed by atoms with Crippen LogP contribution >= 0.6 is 0 Å². The number of sulfonamides is 1. The summed E-state index contributed by atoms with van der Waals surface area (Å²) < 4.78 is 37.4. The number of methoxy groups -OCH3 is 1. The smallest absolute Gasteiger partial charge is 0.337 e. The van der Waals surface area contributed by atoms with E-state index >= 15 is 0 Å². The summed E-state index contributed by atoms with van der Waals surface area (Å²) in [7, 11) is -2.19. The number of carboxylic acid groups (broad SMARTS) is 1. The first-order valence-corrected chi connectivity index (χ1v) is 9.97. The van der Waals surface area contributed by atoms with E-state index in [2.05, 4.69) is 10.0 Å². The first kappa shape index (κ1) is 22.4. The first-order valence-electron chi connectivity index (χ1n) is 8.49. The fourth-order valence-corrected chi connectivity index (χ4v) is 3.24. The van der Waals surface area contributed by atoms with Gasteiger partial charge in [-0.15, -0.1) is 0 Å². The molecular formula is C17H28N2O6S. The van der Waals surface area contributed by atoms with Crippen LogP contribution in [0.4, 0.5) is 5.69 Å². The standard InChI is InChI=1S/C17H28N2O6S/c1-13(2)25-11-5-9-19-26(22,23)14-6-7-16(15(12-14)17(20)21)18-8-4-10-24-3/h6-7,12-13,18-19H,4-5,8-11H2,1-3H3,(H,20,21). The van der Waals surface area contributed by atoms with Gasteiger partial charge in [0.15, 0.2) is 0 Å². The van der Waals surface area contributed by atoms with Gasteiger partial charge in [-0.25, -0.2) is 17.9 Å². The SMILES string of the molecule is COCCCNc1ccc(S(=O)(=O)NCCCOC(C)C)cc1C(=O)O. The maximum Gasteiger partial charge on any atom is 0.337 e. The molecule has 0 atom stereocenters. The Morgan fingerprint density at radius 2 is 1.88 bits per heavy atom. The third kappa shape index (κ3) is 7.69. The number of rotatable bonds is 13. The average molecular weight is 388 g/mol. The predicted molar refractivity (Wildman–Crippen MR) is 99.3 cm³/mol. The second-order valence-corrected chi connectivity index (χ2v) is 7.72. The van der Waals surface area contributed by atoms with Gasteiger partial charge in [-0.1, -0.05) is 0 Å². The lowest BCUT2D eigenvalue weighted by Crippen LogP contribution is -2.26. The minimum absolute atomic E-state index is 0.0814. The number of aromatic carboxylic acids is 1. The van der Waals surface area contributed by atoms with E-state index in [1.54, 1.807) is 7.11 Å². The van der Waals surface area contributed by atoms with Crippen molar-refractivity contribution in [3.63, 3.8) is 0 Å². The summed E-state index contributed by atoms with van der Waals surface area (Å²) in [6.07, 6.45) is 1.33. The van der Waals surface area contributed by atoms with E-state index in [0.29, 0.717) is 38.3 Å². The van der Waals surface area contributed by atoms with Crippen LogP contribution in [0, 0.1) is 0 Å². The molecule has 0 unspecified atom stereocenters.